The monoisotopic (exact) mass is 798 g/mol. The number of para-hydroxylation sites is 2. The van der Waals surface area contributed by atoms with Gasteiger partial charge in [-0.3, -0.25) is 29.4 Å². The first-order chi connectivity index (χ1) is 30.7. The highest BCUT2D eigenvalue weighted by Gasteiger charge is 2.39. The Labute approximate surface area is 354 Å². The van der Waals surface area contributed by atoms with Gasteiger partial charge in [0.05, 0.1) is 51.9 Å². The first kappa shape index (κ1) is 34.1. The molecular formula is C52H30N8O2. The second-order valence-corrected chi connectivity index (χ2v) is 15.2. The fraction of sp³-hybridized carbons (Fsp3) is 0. The van der Waals surface area contributed by atoms with Crippen LogP contribution in [0.1, 0.15) is 0 Å². The van der Waals surface area contributed by atoms with Gasteiger partial charge in [-0.2, -0.15) is 0 Å². The molecule has 13 rings (SSSR count). The van der Waals surface area contributed by atoms with E-state index in [2.05, 4.69) is 92.2 Å². The first-order valence-corrected chi connectivity index (χ1v) is 20.3. The van der Waals surface area contributed by atoms with E-state index in [1.54, 1.807) is 12.4 Å². The summed E-state index contributed by atoms with van der Waals surface area (Å²) >= 11 is 0. The number of pyridine rings is 4. The van der Waals surface area contributed by atoms with E-state index in [4.69, 9.17) is 29.4 Å². The molecule has 0 fully saturated rings. The molecule has 0 saturated heterocycles. The van der Waals surface area contributed by atoms with Gasteiger partial charge in [-0.05, 0) is 53.6 Å². The zero-order valence-corrected chi connectivity index (χ0v) is 32.7. The second-order valence-electron chi connectivity index (χ2n) is 15.2. The summed E-state index contributed by atoms with van der Waals surface area (Å²) in [5.41, 5.74) is 11.7. The van der Waals surface area contributed by atoms with Crippen molar-refractivity contribution >= 4 is 49.8 Å². The average Bonchev–Trinajstić information content (AvgIpc) is 3.68. The van der Waals surface area contributed by atoms with Crippen molar-refractivity contribution in [1.29, 1.82) is 0 Å². The van der Waals surface area contributed by atoms with E-state index in [0.717, 1.165) is 83.5 Å². The number of rotatable bonds is 5. The SMILES string of the molecule is c1ccc(-c2ccc(-c3nc(-n4c5ccccc5c5cc6c7c(c54)Oc4cc(-c5ccccn5)ncc4N7c4cnc(-c5ccccn5)cc4O6)nc4ccccc34)cc2)cc1. The molecule has 0 amide bonds. The molecule has 0 N–H and O–H groups in total. The standard InChI is InChI=1S/C52H30N8O2/c1-2-12-31(13-3-1)32-20-22-33(23-21-32)48-35-15-4-6-16-37(35)57-52(58-48)60-42-19-7-5-14-34(42)36-26-47-50-51(49(36)60)62-46-28-41(39-18-9-11-25-54-39)56-30-44(46)59(50)43-29-55-40(27-45(43)61-47)38-17-8-10-24-53-38/h1-30H. The molecule has 62 heavy (non-hydrogen) atoms. The van der Waals surface area contributed by atoms with Gasteiger partial charge in [-0.1, -0.05) is 103 Å². The summed E-state index contributed by atoms with van der Waals surface area (Å²) in [6.45, 7) is 0. The molecule has 0 unspecified atom stereocenters. The Bertz CT molecular complexity index is 3570. The lowest BCUT2D eigenvalue weighted by atomic mass is 10.0. The maximum Gasteiger partial charge on any atom is 0.235 e. The summed E-state index contributed by atoms with van der Waals surface area (Å²) in [5, 5.41) is 2.87. The van der Waals surface area contributed by atoms with Crippen LogP contribution in [0.15, 0.2) is 183 Å². The van der Waals surface area contributed by atoms with E-state index < -0.39 is 0 Å². The first-order valence-electron chi connectivity index (χ1n) is 20.3. The minimum Gasteiger partial charge on any atom is -0.453 e. The van der Waals surface area contributed by atoms with E-state index >= 15 is 0 Å². The van der Waals surface area contributed by atoms with Crippen molar-refractivity contribution in [2.45, 2.75) is 0 Å². The van der Waals surface area contributed by atoms with Crippen LogP contribution >= 0.6 is 0 Å². The van der Waals surface area contributed by atoms with E-state index in [1.807, 2.05) is 97.3 Å². The van der Waals surface area contributed by atoms with Gasteiger partial charge >= 0.3 is 0 Å². The van der Waals surface area contributed by atoms with Crippen molar-refractivity contribution in [3.63, 3.8) is 0 Å². The molecule has 0 aliphatic carbocycles. The zero-order valence-electron chi connectivity index (χ0n) is 32.7. The quantitative estimate of drug-likeness (QED) is 0.168. The molecule has 0 saturated carbocycles. The number of aromatic nitrogens is 7. The maximum absolute atomic E-state index is 7.16. The average molecular weight is 799 g/mol. The molecule has 2 aliphatic heterocycles. The van der Waals surface area contributed by atoms with Gasteiger partial charge in [-0.25, -0.2) is 9.97 Å². The van der Waals surface area contributed by atoms with Gasteiger partial charge in [0.1, 0.15) is 22.6 Å². The van der Waals surface area contributed by atoms with E-state index in [0.29, 0.717) is 40.3 Å². The number of ether oxygens (including phenoxy) is 2. The van der Waals surface area contributed by atoms with Crippen LogP contribution in [-0.2, 0) is 0 Å². The summed E-state index contributed by atoms with van der Waals surface area (Å²) in [6.07, 6.45) is 7.18. The summed E-state index contributed by atoms with van der Waals surface area (Å²) in [6, 6.07) is 53.0. The van der Waals surface area contributed by atoms with Crippen molar-refractivity contribution in [2.24, 2.45) is 0 Å². The number of hydrogen-bond donors (Lipinski definition) is 0. The van der Waals surface area contributed by atoms with Crippen LogP contribution in [-0.4, -0.2) is 34.5 Å². The fourth-order valence-electron chi connectivity index (χ4n) is 8.75. The Kier molecular flexibility index (Phi) is 7.37. The van der Waals surface area contributed by atoms with Gasteiger partial charge in [0.15, 0.2) is 23.0 Å². The predicted molar refractivity (Wildman–Crippen MR) is 242 cm³/mol. The molecule has 0 bridgehead atoms. The molecule has 11 aromatic rings. The predicted octanol–water partition coefficient (Wildman–Crippen LogP) is 12.7. The molecule has 0 spiro atoms. The molecule has 5 aromatic carbocycles. The van der Waals surface area contributed by atoms with Crippen LogP contribution in [0.3, 0.4) is 0 Å². The molecule has 0 radical (unpaired) electrons. The summed E-state index contributed by atoms with van der Waals surface area (Å²) in [5.74, 6) is 2.95. The van der Waals surface area contributed by atoms with Crippen LogP contribution in [0.2, 0.25) is 0 Å². The van der Waals surface area contributed by atoms with Crippen molar-refractivity contribution in [1.82, 2.24) is 34.5 Å². The highest BCUT2D eigenvalue weighted by molar-refractivity contribution is 6.15. The lowest BCUT2D eigenvalue weighted by Crippen LogP contribution is -2.21. The number of hydrogen-bond acceptors (Lipinski definition) is 9. The number of nitrogens with zero attached hydrogens (tertiary/aromatic N) is 8. The van der Waals surface area contributed by atoms with Gasteiger partial charge in [0, 0.05) is 46.2 Å². The topological polar surface area (TPSA) is 104 Å². The van der Waals surface area contributed by atoms with Gasteiger partial charge in [-0.15, -0.1) is 0 Å². The van der Waals surface area contributed by atoms with Crippen molar-refractivity contribution < 1.29 is 9.47 Å². The molecule has 0 atom stereocenters. The van der Waals surface area contributed by atoms with Crippen molar-refractivity contribution in [3.05, 3.63) is 183 Å². The van der Waals surface area contributed by atoms with Crippen LogP contribution in [0.5, 0.6) is 23.0 Å². The third kappa shape index (κ3) is 5.23. The normalized spacial score (nSPS) is 12.4. The molecule has 290 valence electrons. The van der Waals surface area contributed by atoms with Crippen LogP contribution in [0, 0.1) is 0 Å². The molecule has 10 nitrogen and oxygen atoms in total. The zero-order chi connectivity index (χ0) is 40.7. The van der Waals surface area contributed by atoms with Gasteiger partial charge in [0.25, 0.3) is 0 Å². The highest BCUT2D eigenvalue weighted by atomic mass is 16.5. The minimum absolute atomic E-state index is 0.511. The number of benzene rings is 5. The Balaban J connectivity index is 1.07. The number of anilines is 3. The van der Waals surface area contributed by atoms with Gasteiger partial charge in [0.2, 0.25) is 5.95 Å². The molecule has 10 heteroatoms. The lowest BCUT2D eigenvalue weighted by Gasteiger charge is -2.37. The summed E-state index contributed by atoms with van der Waals surface area (Å²) in [7, 11) is 0. The smallest absolute Gasteiger partial charge is 0.235 e. The molecule has 2 aliphatic rings. The fourth-order valence-corrected chi connectivity index (χ4v) is 8.75. The second kappa shape index (κ2) is 13.4. The Hall–Kier alpha value is -8.76. The molecular weight excluding hydrogens is 769 g/mol. The Morgan fingerprint density at radius 1 is 0.435 bits per heavy atom. The summed E-state index contributed by atoms with van der Waals surface area (Å²) in [4.78, 5) is 31.8. The third-order valence-corrected chi connectivity index (χ3v) is 11.6. The third-order valence-electron chi connectivity index (χ3n) is 11.6. The van der Waals surface area contributed by atoms with Crippen LogP contribution in [0.25, 0.3) is 83.8 Å². The summed E-state index contributed by atoms with van der Waals surface area (Å²) < 4.78 is 16.2. The van der Waals surface area contributed by atoms with E-state index in [1.165, 1.54) is 0 Å². The van der Waals surface area contributed by atoms with Gasteiger partial charge < -0.3 is 9.47 Å². The number of fused-ring (bicyclic) bond motifs is 9. The lowest BCUT2D eigenvalue weighted by molar-refractivity contribution is 0.448. The molecule has 6 aromatic heterocycles. The minimum atomic E-state index is 0.511. The highest BCUT2D eigenvalue weighted by Crippen LogP contribution is 2.62. The Morgan fingerprint density at radius 3 is 1.76 bits per heavy atom. The van der Waals surface area contributed by atoms with Crippen molar-refractivity contribution in [3.8, 4) is 74.1 Å². The van der Waals surface area contributed by atoms with E-state index in [9.17, 15) is 0 Å². The largest absolute Gasteiger partial charge is 0.453 e. The Morgan fingerprint density at radius 2 is 1.05 bits per heavy atom. The van der Waals surface area contributed by atoms with E-state index in [-0.39, 0.29) is 0 Å². The van der Waals surface area contributed by atoms with Crippen molar-refractivity contribution in [2.75, 3.05) is 4.90 Å². The maximum atomic E-state index is 7.16. The van der Waals surface area contributed by atoms with Crippen LogP contribution < -0.4 is 14.4 Å². The molecule has 8 heterocycles. The van der Waals surface area contributed by atoms with Crippen LogP contribution in [0.4, 0.5) is 17.1 Å².